The molecule has 0 spiro atoms. The fraction of sp³-hybridized carbons (Fsp3) is 0.550. The Hall–Kier alpha value is -1.69. The number of nitrogens with zero attached hydrogens (tertiary/aromatic N) is 3. The van der Waals surface area contributed by atoms with Crippen molar-refractivity contribution in [2.75, 3.05) is 40.4 Å². The van der Waals surface area contributed by atoms with E-state index in [-0.39, 0.29) is 0 Å². The van der Waals surface area contributed by atoms with E-state index in [1.165, 1.54) is 25.9 Å². The molecule has 1 aromatic carbocycles. The first-order valence-corrected chi connectivity index (χ1v) is 9.17. The van der Waals surface area contributed by atoms with E-state index in [4.69, 9.17) is 14.1 Å². The summed E-state index contributed by atoms with van der Waals surface area (Å²) in [6, 6.07) is 10.7. The second-order valence-electron chi connectivity index (χ2n) is 6.86. The van der Waals surface area contributed by atoms with E-state index in [1.807, 2.05) is 30.3 Å². The van der Waals surface area contributed by atoms with Crippen LogP contribution in [0.1, 0.15) is 25.0 Å². The predicted molar refractivity (Wildman–Crippen MR) is 99.4 cm³/mol. The molecule has 3 rings (SSSR count). The number of hydrogen-bond acceptors (Lipinski definition) is 5. The van der Waals surface area contributed by atoms with Crippen molar-refractivity contribution in [2.45, 2.75) is 31.8 Å². The van der Waals surface area contributed by atoms with Gasteiger partial charge in [-0.2, -0.15) is 0 Å². The molecule has 0 amide bonds. The topological polar surface area (TPSA) is 41.7 Å². The van der Waals surface area contributed by atoms with Crippen LogP contribution in [0.2, 0.25) is 0 Å². The van der Waals surface area contributed by atoms with Gasteiger partial charge in [0.2, 0.25) is 5.89 Å². The average molecular weight is 343 g/mol. The van der Waals surface area contributed by atoms with Crippen molar-refractivity contribution >= 4 is 0 Å². The van der Waals surface area contributed by atoms with Crippen molar-refractivity contribution in [3.05, 3.63) is 42.3 Å². The third-order valence-electron chi connectivity index (χ3n) is 4.94. The van der Waals surface area contributed by atoms with Gasteiger partial charge in [-0.25, -0.2) is 4.98 Å². The summed E-state index contributed by atoms with van der Waals surface area (Å²) in [5, 5.41) is 0. The third kappa shape index (κ3) is 5.14. The number of likely N-dealkylation sites (tertiary alicyclic amines) is 1. The molecule has 0 atom stereocenters. The van der Waals surface area contributed by atoms with Gasteiger partial charge in [-0.3, -0.25) is 4.90 Å². The number of oxazole rings is 1. The summed E-state index contributed by atoms with van der Waals surface area (Å²) in [5.74, 6) is 0.704. The molecule has 1 aliphatic rings. The number of methoxy groups -OCH3 is 1. The average Bonchev–Trinajstić information content (AvgIpc) is 3.11. The molecule has 2 heterocycles. The van der Waals surface area contributed by atoms with Gasteiger partial charge in [0.1, 0.15) is 6.26 Å². The van der Waals surface area contributed by atoms with Crippen LogP contribution in [0.25, 0.3) is 11.5 Å². The van der Waals surface area contributed by atoms with E-state index in [1.54, 1.807) is 13.4 Å². The molecule has 25 heavy (non-hydrogen) atoms. The van der Waals surface area contributed by atoms with Crippen LogP contribution in [0, 0.1) is 0 Å². The summed E-state index contributed by atoms with van der Waals surface area (Å²) < 4.78 is 11.0. The molecule has 0 N–H and O–H groups in total. The third-order valence-corrected chi connectivity index (χ3v) is 4.94. The Kier molecular flexibility index (Phi) is 6.62. The first kappa shape index (κ1) is 18.1. The molecule has 1 fully saturated rings. The van der Waals surface area contributed by atoms with Crippen molar-refractivity contribution in [1.82, 2.24) is 14.8 Å². The largest absolute Gasteiger partial charge is 0.444 e. The Balaban J connectivity index is 1.66. The van der Waals surface area contributed by atoms with Gasteiger partial charge >= 0.3 is 0 Å². The van der Waals surface area contributed by atoms with Gasteiger partial charge in [-0.05, 0) is 51.5 Å². The first-order chi connectivity index (χ1) is 12.3. The molecule has 0 aliphatic carbocycles. The van der Waals surface area contributed by atoms with Crippen LogP contribution in [0.5, 0.6) is 0 Å². The Morgan fingerprint density at radius 3 is 2.72 bits per heavy atom. The molecule has 136 valence electrons. The summed E-state index contributed by atoms with van der Waals surface area (Å²) in [6.45, 7) is 5.01. The Morgan fingerprint density at radius 2 is 2.00 bits per heavy atom. The molecular formula is C20H29N3O2. The minimum atomic E-state index is 0.616. The summed E-state index contributed by atoms with van der Waals surface area (Å²) in [5.41, 5.74) is 2.04. The van der Waals surface area contributed by atoms with Crippen molar-refractivity contribution in [3.63, 3.8) is 0 Å². The highest BCUT2D eigenvalue weighted by Crippen LogP contribution is 2.22. The van der Waals surface area contributed by atoms with Crippen molar-refractivity contribution in [2.24, 2.45) is 0 Å². The number of aromatic nitrogens is 1. The molecular weight excluding hydrogens is 314 g/mol. The fourth-order valence-corrected chi connectivity index (χ4v) is 3.46. The number of benzene rings is 1. The molecule has 0 bridgehead atoms. The van der Waals surface area contributed by atoms with Crippen LogP contribution in [0.4, 0.5) is 0 Å². The van der Waals surface area contributed by atoms with E-state index in [0.29, 0.717) is 11.9 Å². The van der Waals surface area contributed by atoms with E-state index < -0.39 is 0 Å². The molecule has 5 heteroatoms. The van der Waals surface area contributed by atoms with Crippen molar-refractivity contribution in [3.8, 4) is 11.5 Å². The van der Waals surface area contributed by atoms with Crippen molar-refractivity contribution in [1.29, 1.82) is 0 Å². The van der Waals surface area contributed by atoms with E-state index in [0.717, 1.165) is 37.4 Å². The van der Waals surface area contributed by atoms with Crippen LogP contribution in [-0.2, 0) is 11.3 Å². The summed E-state index contributed by atoms with van der Waals surface area (Å²) in [7, 11) is 3.97. The lowest BCUT2D eigenvalue weighted by atomic mass is 10.0. The van der Waals surface area contributed by atoms with Crippen molar-refractivity contribution < 1.29 is 9.15 Å². The van der Waals surface area contributed by atoms with Crippen LogP contribution in [0.3, 0.4) is 0 Å². The minimum absolute atomic E-state index is 0.616. The van der Waals surface area contributed by atoms with Crippen LogP contribution in [-0.4, -0.2) is 61.2 Å². The first-order valence-electron chi connectivity index (χ1n) is 9.17. The Morgan fingerprint density at radius 1 is 1.24 bits per heavy atom. The summed E-state index contributed by atoms with van der Waals surface area (Å²) in [6.07, 6.45) is 5.28. The highest BCUT2D eigenvalue weighted by atomic mass is 16.5. The van der Waals surface area contributed by atoms with Gasteiger partial charge in [0, 0.05) is 38.4 Å². The zero-order valence-electron chi connectivity index (χ0n) is 15.4. The molecule has 1 aromatic heterocycles. The zero-order chi connectivity index (χ0) is 17.5. The lowest BCUT2D eigenvalue weighted by Crippen LogP contribution is -2.44. The second kappa shape index (κ2) is 9.13. The predicted octanol–water partition coefficient (Wildman–Crippen LogP) is 3.27. The summed E-state index contributed by atoms with van der Waals surface area (Å²) in [4.78, 5) is 9.67. The number of ether oxygens (including phenoxy) is 1. The van der Waals surface area contributed by atoms with Gasteiger partial charge in [0.05, 0.1) is 5.69 Å². The van der Waals surface area contributed by atoms with Gasteiger partial charge < -0.3 is 14.1 Å². The maximum atomic E-state index is 5.71. The van der Waals surface area contributed by atoms with E-state index in [2.05, 4.69) is 16.8 Å². The normalized spacial score (nSPS) is 16.6. The fourth-order valence-electron chi connectivity index (χ4n) is 3.46. The molecule has 1 saturated heterocycles. The quantitative estimate of drug-likeness (QED) is 0.688. The molecule has 1 aliphatic heterocycles. The second-order valence-corrected chi connectivity index (χ2v) is 6.86. The monoisotopic (exact) mass is 343 g/mol. The zero-order valence-corrected chi connectivity index (χ0v) is 15.4. The molecule has 2 aromatic rings. The minimum Gasteiger partial charge on any atom is -0.444 e. The van der Waals surface area contributed by atoms with Gasteiger partial charge in [0.15, 0.2) is 0 Å². The maximum Gasteiger partial charge on any atom is 0.226 e. The number of hydrogen-bond donors (Lipinski definition) is 0. The van der Waals surface area contributed by atoms with Gasteiger partial charge in [0.25, 0.3) is 0 Å². The number of piperidine rings is 1. The molecule has 5 nitrogen and oxygen atoms in total. The van der Waals surface area contributed by atoms with E-state index in [9.17, 15) is 0 Å². The molecule has 0 radical (unpaired) electrons. The Bertz CT molecular complexity index is 621. The number of rotatable bonds is 8. The standard InChI is InChI=1S/C20H29N3O2/c1-22-12-9-19(10-13-22)23(11-6-14-24-2)15-18-16-25-20(21-18)17-7-4-3-5-8-17/h3-5,7-8,16,19H,6,9-15H2,1-2H3. The van der Waals surface area contributed by atoms with Gasteiger partial charge in [-0.15, -0.1) is 0 Å². The lowest BCUT2D eigenvalue weighted by molar-refractivity contribution is 0.0989. The lowest BCUT2D eigenvalue weighted by Gasteiger charge is -2.37. The highest BCUT2D eigenvalue weighted by Gasteiger charge is 2.24. The van der Waals surface area contributed by atoms with Gasteiger partial charge in [-0.1, -0.05) is 18.2 Å². The van der Waals surface area contributed by atoms with Crippen LogP contribution < -0.4 is 0 Å². The molecule has 0 saturated carbocycles. The Labute approximate surface area is 150 Å². The SMILES string of the molecule is COCCCN(Cc1coc(-c2ccccc2)n1)C1CCN(C)CC1. The summed E-state index contributed by atoms with van der Waals surface area (Å²) >= 11 is 0. The maximum absolute atomic E-state index is 5.71. The smallest absolute Gasteiger partial charge is 0.226 e. The molecule has 0 unspecified atom stereocenters. The highest BCUT2D eigenvalue weighted by molar-refractivity contribution is 5.52. The van der Waals surface area contributed by atoms with E-state index >= 15 is 0 Å². The van der Waals surface area contributed by atoms with Crippen LogP contribution in [0.15, 0.2) is 41.0 Å². The van der Waals surface area contributed by atoms with Crippen LogP contribution >= 0.6 is 0 Å².